The zero-order valence-electron chi connectivity index (χ0n) is 24.6. The van der Waals surface area contributed by atoms with Crippen molar-refractivity contribution in [3.05, 3.63) is 89.2 Å². The summed E-state index contributed by atoms with van der Waals surface area (Å²) in [5.41, 5.74) is 3.79. The first-order chi connectivity index (χ1) is 20.7. The molecule has 1 unspecified atom stereocenters. The van der Waals surface area contributed by atoms with Crippen molar-refractivity contribution in [2.45, 2.75) is 57.9 Å². The number of benzene rings is 2. The topological polar surface area (TPSA) is 115 Å². The molecule has 9 nitrogen and oxygen atoms in total. The van der Waals surface area contributed by atoms with Crippen molar-refractivity contribution in [3.63, 3.8) is 0 Å². The van der Waals surface area contributed by atoms with E-state index < -0.39 is 17.7 Å². The highest BCUT2D eigenvalue weighted by atomic mass is 16.5. The fourth-order valence-electron chi connectivity index (χ4n) is 4.98. The molecular formula is C34H36N4O5. The molecule has 1 fully saturated rings. The molecule has 1 atom stereocenters. The van der Waals surface area contributed by atoms with Gasteiger partial charge < -0.3 is 29.8 Å². The largest absolute Gasteiger partial charge is 0.464 e. The highest BCUT2D eigenvalue weighted by molar-refractivity contribution is 6.12. The van der Waals surface area contributed by atoms with Crippen LogP contribution in [0.1, 0.15) is 53.9 Å². The summed E-state index contributed by atoms with van der Waals surface area (Å²) in [7, 11) is 1.33. The Hall–Kier alpha value is -4.65. The average Bonchev–Trinajstić information content (AvgIpc) is 3.65. The quantitative estimate of drug-likeness (QED) is 0.190. The van der Waals surface area contributed by atoms with E-state index in [1.165, 1.54) is 7.11 Å². The minimum absolute atomic E-state index is 0.243. The SMILES string of the molecule is COC(=O)c1c(NC(=O)C2CCCO2)c2cc(NCc3ccc(C#CC(C)(C)O)cc3)cnc2n1CCc1ccccc1. The number of rotatable bonds is 9. The number of carbonyl (C=O) groups is 2. The molecule has 4 aromatic rings. The molecule has 0 saturated carbocycles. The van der Waals surface area contributed by atoms with Crippen LogP contribution in [0.25, 0.3) is 11.0 Å². The van der Waals surface area contributed by atoms with E-state index in [0.717, 1.165) is 28.8 Å². The second-order valence-electron chi connectivity index (χ2n) is 11.0. The van der Waals surface area contributed by atoms with E-state index in [0.29, 0.717) is 49.3 Å². The molecular weight excluding hydrogens is 544 g/mol. The highest BCUT2D eigenvalue weighted by Gasteiger charge is 2.30. The monoisotopic (exact) mass is 580 g/mol. The molecule has 1 aliphatic heterocycles. The van der Waals surface area contributed by atoms with Gasteiger partial charge in [0.2, 0.25) is 0 Å². The van der Waals surface area contributed by atoms with Crippen LogP contribution in [0, 0.1) is 11.8 Å². The van der Waals surface area contributed by atoms with Crippen LogP contribution in [0.5, 0.6) is 0 Å². The van der Waals surface area contributed by atoms with Gasteiger partial charge in [-0.1, -0.05) is 54.3 Å². The smallest absolute Gasteiger partial charge is 0.356 e. The molecule has 1 aliphatic rings. The average molecular weight is 581 g/mol. The number of aliphatic hydroxyl groups is 1. The predicted octanol–water partition coefficient (Wildman–Crippen LogP) is 4.92. The highest BCUT2D eigenvalue weighted by Crippen LogP contribution is 2.34. The van der Waals surface area contributed by atoms with Gasteiger partial charge in [-0.2, -0.15) is 0 Å². The molecule has 1 amide bonds. The lowest BCUT2D eigenvalue weighted by Crippen LogP contribution is -2.28. The summed E-state index contributed by atoms with van der Waals surface area (Å²) in [6, 6.07) is 19.6. The number of hydrogen-bond acceptors (Lipinski definition) is 7. The van der Waals surface area contributed by atoms with E-state index in [9.17, 15) is 14.7 Å². The number of hydrogen-bond donors (Lipinski definition) is 3. The first-order valence-electron chi connectivity index (χ1n) is 14.4. The molecule has 0 aliphatic carbocycles. The molecule has 1 saturated heterocycles. The Labute approximate surface area is 251 Å². The number of aromatic nitrogens is 2. The van der Waals surface area contributed by atoms with Gasteiger partial charge in [-0.25, -0.2) is 9.78 Å². The van der Waals surface area contributed by atoms with Crippen LogP contribution < -0.4 is 10.6 Å². The van der Waals surface area contributed by atoms with Gasteiger partial charge in [-0.05, 0) is 62.4 Å². The molecule has 43 heavy (non-hydrogen) atoms. The van der Waals surface area contributed by atoms with Crippen LogP contribution in [0.2, 0.25) is 0 Å². The van der Waals surface area contributed by atoms with Gasteiger partial charge in [0.25, 0.3) is 5.91 Å². The van der Waals surface area contributed by atoms with Gasteiger partial charge in [0, 0.05) is 30.6 Å². The third-order valence-corrected chi connectivity index (χ3v) is 7.18. The van der Waals surface area contributed by atoms with Gasteiger partial charge in [-0.15, -0.1) is 0 Å². The second-order valence-corrected chi connectivity index (χ2v) is 11.0. The van der Waals surface area contributed by atoms with Crippen molar-refractivity contribution in [2.24, 2.45) is 0 Å². The third kappa shape index (κ3) is 7.41. The lowest BCUT2D eigenvalue weighted by atomic mass is 10.1. The van der Waals surface area contributed by atoms with Crippen LogP contribution in [0.15, 0.2) is 66.9 Å². The normalized spacial score (nSPS) is 14.7. The van der Waals surface area contributed by atoms with E-state index in [1.807, 2.05) is 65.2 Å². The van der Waals surface area contributed by atoms with Gasteiger partial charge in [-0.3, -0.25) is 4.79 Å². The number of aryl methyl sites for hydroxylation is 2. The van der Waals surface area contributed by atoms with E-state index in [1.54, 1.807) is 20.0 Å². The number of nitrogens with zero attached hydrogens (tertiary/aromatic N) is 2. The summed E-state index contributed by atoms with van der Waals surface area (Å²) in [4.78, 5) is 31.1. The molecule has 2 aromatic heterocycles. The van der Waals surface area contributed by atoms with Crippen LogP contribution in [-0.4, -0.2) is 52.0 Å². The summed E-state index contributed by atoms with van der Waals surface area (Å²) in [5, 5.41) is 16.8. The van der Waals surface area contributed by atoms with Gasteiger partial charge in [0.1, 0.15) is 17.4 Å². The van der Waals surface area contributed by atoms with E-state index in [-0.39, 0.29) is 11.6 Å². The summed E-state index contributed by atoms with van der Waals surface area (Å²) in [6.45, 7) is 4.80. The number of carbonyl (C=O) groups excluding carboxylic acids is 2. The zero-order valence-corrected chi connectivity index (χ0v) is 24.6. The predicted molar refractivity (Wildman–Crippen MR) is 166 cm³/mol. The summed E-state index contributed by atoms with van der Waals surface area (Å²) in [5.74, 6) is 4.94. The Morgan fingerprint density at radius 2 is 1.91 bits per heavy atom. The maximum atomic E-state index is 13.2. The van der Waals surface area contributed by atoms with Crippen LogP contribution >= 0.6 is 0 Å². The maximum absolute atomic E-state index is 13.2. The van der Waals surface area contributed by atoms with Gasteiger partial charge in [0.05, 0.1) is 24.7 Å². The van der Waals surface area contributed by atoms with Crippen molar-refractivity contribution in [1.82, 2.24) is 9.55 Å². The third-order valence-electron chi connectivity index (χ3n) is 7.18. The van der Waals surface area contributed by atoms with Crippen molar-refractivity contribution in [2.75, 3.05) is 24.4 Å². The Morgan fingerprint density at radius 3 is 2.58 bits per heavy atom. The lowest BCUT2D eigenvalue weighted by Gasteiger charge is -2.13. The molecule has 3 N–H and O–H groups in total. The van der Waals surface area contributed by atoms with Crippen LogP contribution in [-0.2, 0) is 33.8 Å². The number of amides is 1. The molecule has 0 bridgehead atoms. The Balaban J connectivity index is 1.46. The fraction of sp³-hybridized carbons (Fsp3) is 0.324. The Morgan fingerprint density at radius 1 is 1.14 bits per heavy atom. The van der Waals surface area contributed by atoms with E-state index in [4.69, 9.17) is 14.5 Å². The zero-order chi connectivity index (χ0) is 30.4. The second kappa shape index (κ2) is 13.1. The summed E-state index contributed by atoms with van der Waals surface area (Å²) >= 11 is 0. The number of fused-ring (bicyclic) bond motifs is 1. The number of pyridine rings is 1. The molecule has 0 radical (unpaired) electrons. The molecule has 0 spiro atoms. The Kier molecular flexibility index (Phi) is 9.10. The minimum atomic E-state index is -1.05. The Bertz CT molecular complexity index is 1650. The maximum Gasteiger partial charge on any atom is 0.356 e. The van der Waals surface area contributed by atoms with Crippen LogP contribution in [0.4, 0.5) is 11.4 Å². The van der Waals surface area contributed by atoms with Crippen molar-refractivity contribution >= 4 is 34.3 Å². The van der Waals surface area contributed by atoms with Crippen molar-refractivity contribution < 1.29 is 24.2 Å². The van der Waals surface area contributed by atoms with Gasteiger partial charge >= 0.3 is 5.97 Å². The van der Waals surface area contributed by atoms with Crippen LogP contribution in [0.3, 0.4) is 0 Å². The minimum Gasteiger partial charge on any atom is -0.464 e. The van der Waals surface area contributed by atoms with Crippen molar-refractivity contribution in [3.8, 4) is 11.8 Å². The van der Waals surface area contributed by atoms with E-state index >= 15 is 0 Å². The molecule has 222 valence electrons. The number of anilines is 2. The first kappa shape index (κ1) is 29.8. The number of ether oxygens (including phenoxy) is 2. The summed E-state index contributed by atoms with van der Waals surface area (Å²) in [6.07, 6.45) is 3.24. The molecule has 9 heteroatoms. The summed E-state index contributed by atoms with van der Waals surface area (Å²) < 4.78 is 12.6. The number of methoxy groups -OCH3 is 1. The standard InChI is InChI=1S/C34H36N4O5/c1-34(2,41)17-15-24-11-13-25(14-12-24)21-35-26-20-27-29(37-32(39)28-10-7-19-43-28)30(33(40)42-3)38(31(27)36-22-26)18-16-23-8-5-4-6-9-23/h4-6,8-9,11-14,20,22,28,35,41H,7,10,16,18-19,21H2,1-3H3,(H,37,39). The molecule has 5 rings (SSSR count). The molecule has 2 aromatic carbocycles. The first-order valence-corrected chi connectivity index (χ1v) is 14.4. The van der Waals surface area contributed by atoms with Gasteiger partial charge in [0.15, 0.2) is 5.69 Å². The fourth-order valence-corrected chi connectivity index (χ4v) is 4.98. The van der Waals surface area contributed by atoms with E-state index in [2.05, 4.69) is 22.5 Å². The number of nitrogens with one attached hydrogen (secondary N) is 2. The number of esters is 1. The van der Waals surface area contributed by atoms with Crippen molar-refractivity contribution in [1.29, 1.82) is 0 Å². The lowest BCUT2D eigenvalue weighted by molar-refractivity contribution is -0.124. The molecule has 3 heterocycles.